The Kier molecular flexibility index (Phi) is 5.12. The fourth-order valence-electron chi connectivity index (χ4n) is 1.55. The van der Waals surface area contributed by atoms with Crippen LogP contribution in [0.5, 0.6) is 0 Å². The number of halogens is 3. The van der Waals surface area contributed by atoms with Gasteiger partial charge in [0, 0.05) is 4.83 Å². The lowest BCUT2D eigenvalue weighted by Gasteiger charge is -2.26. The minimum atomic E-state index is -4.55. The summed E-state index contributed by atoms with van der Waals surface area (Å²) in [6, 6.07) is 5.93. The Morgan fingerprint density at radius 1 is 1.21 bits per heavy atom. The molecule has 0 fully saturated rings. The van der Waals surface area contributed by atoms with Crippen LogP contribution in [0.2, 0.25) is 0 Å². The topological polar surface area (TPSA) is 34.1 Å². The Morgan fingerprint density at radius 2 is 1.74 bits per heavy atom. The van der Waals surface area contributed by atoms with Gasteiger partial charge in [0.25, 0.3) is 0 Å². The van der Waals surface area contributed by atoms with E-state index in [2.05, 4.69) is 15.9 Å². The second kappa shape index (κ2) is 5.87. The fraction of sp³-hybridized carbons (Fsp3) is 0.538. The summed E-state index contributed by atoms with van der Waals surface area (Å²) in [6.45, 7) is 5.99. The van der Waals surface area contributed by atoms with E-state index < -0.39 is 15.6 Å². The molecule has 0 spiro atoms. The molecular weight excluding hydrogens is 338 g/mol. The van der Waals surface area contributed by atoms with Crippen molar-refractivity contribution in [3.05, 3.63) is 29.8 Å². The molecular formula is C13H17BrF2O2S. The highest BCUT2D eigenvalue weighted by Gasteiger charge is 2.30. The van der Waals surface area contributed by atoms with Gasteiger partial charge in [0.2, 0.25) is 9.84 Å². The van der Waals surface area contributed by atoms with E-state index >= 15 is 0 Å². The van der Waals surface area contributed by atoms with Gasteiger partial charge in [0.05, 0.1) is 4.90 Å². The van der Waals surface area contributed by atoms with Crippen LogP contribution in [0.1, 0.15) is 26.3 Å². The van der Waals surface area contributed by atoms with Crippen LogP contribution in [0.25, 0.3) is 0 Å². The van der Waals surface area contributed by atoms with Gasteiger partial charge >= 0.3 is 5.76 Å². The number of sulfone groups is 1. The predicted molar refractivity (Wildman–Crippen MR) is 75.5 cm³/mol. The van der Waals surface area contributed by atoms with Gasteiger partial charge in [-0.05, 0) is 23.5 Å². The van der Waals surface area contributed by atoms with Gasteiger partial charge in [0.1, 0.15) is 0 Å². The van der Waals surface area contributed by atoms with Crippen LogP contribution in [0, 0.1) is 5.41 Å². The molecule has 0 aliphatic rings. The third-order valence-corrected chi connectivity index (χ3v) is 6.03. The summed E-state index contributed by atoms with van der Waals surface area (Å²) in [5.41, 5.74) is 0.321. The van der Waals surface area contributed by atoms with Gasteiger partial charge in [-0.2, -0.15) is 8.78 Å². The minimum Gasteiger partial charge on any atom is -0.218 e. The number of hydrogen-bond acceptors (Lipinski definition) is 2. The lowest BCUT2D eigenvalue weighted by Crippen LogP contribution is -2.24. The minimum absolute atomic E-state index is 0.00553. The molecule has 0 aliphatic carbocycles. The van der Waals surface area contributed by atoms with Crippen molar-refractivity contribution in [2.45, 2.75) is 42.7 Å². The van der Waals surface area contributed by atoms with Crippen molar-refractivity contribution in [1.29, 1.82) is 0 Å². The van der Waals surface area contributed by atoms with Crippen LogP contribution in [0.4, 0.5) is 8.78 Å². The first-order valence-corrected chi connectivity index (χ1v) is 8.27. The van der Waals surface area contributed by atoms with Crippen LogP contribution >= 0.6 is 15.9 Å². The number of rotatable bonds is 4. The van der Waals surface area contributed by atoms with Crippen molar-refractivity contribution in [1.82, 2.24) is 0 Å². The molecule has 0 radical (unpaired) electrons. The monoisotopic (exact) mass is 354 g/mol. The largest absolute Gasteiger partial charge is 0.341 e. The summed E-state index contributed by atoms with van der Waals surface area (Å²) in [4.78, 5) is -0.285. The zero-order valence-corrected chi connectivity index (χ0v) is 13.4. The molecule has 6 heteroatoms. The van der Waals surface area contributed by atoms with Gasteiger partial charge in [-0.3, -0.25) is 0 Å². The summed E-state index contributed by atoms with van der Waals surface area (Å²) < 4.78 is 48.5. The highest BCUT2D eigenvalue weighted by molar-refractivity contribution is 9.09. The lowest BCUT2D eigenvalue weighted by molar-refractivity contribution is 0.234. The van der Waals surface area contributed by atoms with Gasteiger partial charge in [-0.15, -0.1) is 0 Å². The number of benzene rings is 1. The van der Waals surface area contributed by atoms with Crippen molar-refractivity contribution in [2.24, 2.45) is 5.41 Å². The molecule has 108 valence electrons. The molecule has 19 heavy (non-hydrogen) atoms. The summed E-state index contributed by atoms with van der Waals surface area (Å²) in [6.07, 6.45) is 0.381. The second-order valence-electron chi connectivity index (χ2n) is 5.45. The Balaban J connectivity index is 3.18. The van der Waals surface area contributed by atoms with E-state index in [1.54, 1.807) is 12.1 Å². The summed E-state index contributed by atoms with van der Waals surface area (Å²) in [5.74, 6) is -3.39. The van der Waals surface area contributed by atoms with Crippen molar-refractivity contribution in [3.8, 4) is 0 Å². The average Bonchev–Trinajstić information content (AvgIpc) is 2.28. The quantitative estimate of drug-likeness (QED) is 0.764. The highest BCUT2D eigenvalue weighted by Crippen LogP contribution is 2.31. The molecule has 0 bridgehead atoms. The van der Waals surface area contributed by atoms with Crippen LogP contribution in [0.15, 0.2) is 29.2 Å². The molecule has 1 aromatic rings. The van der Waals surface area contributed by atoms with Gasteiger partial charge in [-0.1, -0.05) is 54.9 Å². The Morgan fingerprint density at radius 3 is 2.21 bits per heavy atom. The maximum atomic E-state index is 12.6. The Labute approximate surface area is 121 Å². The first kappa shape index (κ1) is 16.6. The molecule has 1 atom stereocenters. The normalized spacial score (nSPS) is 14.7. The Bertz CT molecular complexity index is 536. The molecule has 1 rings (SSSR count). The molecule has 2 nitrogen and oxygen atoms in total. The number of alkyl halides is 3. The van der Waals surface area contributed by atoms with Crippen molar-refractivity contribution >= 4 is 25.8 Å². The molecule has 1 aromatic carbocycles. The van der Waals surface area contributed by atoms with Gasteiger partial charge in [-0.25, -0.2) is 8.42 Å². The van der Waals surface area contributed by atoms with Crippen molar-refractivity contribution in [2.75, 3.05) is 0 Å². The maximum Gasteiger partial charge on any atom is 0.341 e. The van der Waals surface area contributed by atoms with Crippen LogP contribution in [0.3, 0.4) is 0 Å². The molecule has 0 N–H and O–H groups in total. The van der Waals surface area contributed by atoms with Crippen molar-refractivity contribution < 1.29 is 17.2 Å². The molecule has 1 unspecified atom stereocenters. The third-order valence-electron chi connectivity index (χ3n) is 2.85. The van der Waals surface area contributed by atoms with Gasteiger partial charge < -0.3 is 0 Å². The second-order valence-corrected chi connectivity index (χ2v) is 8.44. The summed E-state index contributed by atoms with van der Waals surface area (Å²) in [7, 11) is -4.55. The molecule has 0 aromatic heterocycles. The zero-order valence-electron chi connectivity index (χ0n) is 11.0. The SMILES string of the molecule is CC(C)(C)C(Br)Cc1ccccc1S(=O)(=O)C(F)F. The molecule has 0 aliphatic heterocycles. The van der Waals surface area contributed by atoms with Crippen LogP contribution in [-0.4, -0.2) is 19.0 Å². The van der Waals surface area contributed by atoms with Crippen molar-refractivity contribution in [3.63, 3.8) is 0 Å². The van der Waals surface area contributed by atoms with E-state index in [1.807, 2.05) is 20.8 Å². The maximum absolute atomic E-state index is 12.6. The van der Waals surface area contributed by atoms with E-state index in [1.165, 1.54) is 12.1 Å². The van der Waals surface area contributed by atoms with Crippen LogP contribution in [-0.2, 0) is 16.3 Å². The Hall–Kier alpha value is -0.490. The average molecular weight is 355 g/mol. The predicted octanol–water partition coefficient (Wildman–Crippen LogP) is 4.04. The molecule has 0 saturated carbocycles. The summed E-state index contributed by atoms with van der Waals surface area (Å²) >= 11 is 3.49. The first-order valence-electron chi connectivity index (χ1n) is 5.81. The zero-order chi connectivity index (χ0) is 14.8. The van der Waals surface area contributed by atoms with Gasteiger partial charge in [0.15, 0.2) is 0 Å². The third kappa shape index (κ3) is 3.99. The first-order chi connectivity index (χ1) is 8.56. The van der Waals surface area contributed by atoms with E-state index in [4.69, 9.17) is 0 Å². The fourth-order valence-corrected chi connectivity index (χ4v) is 2.87. The standard InChI is InChI=1S/C13H17BrF2O2S/c1-13(2,3)11(14)8-9-6-4-5-7-10(9)19(17,18)12(15)16/h4-7,11-12H,8H2,1-3H3. The smallest absolute Gasteiger partial charge is 0.218 e. The molecule has 0 amide bonds. The lowest BCUT2D eigenvalue weighted by atomic mass is 9.88. The van der Waals surface area contributed by atoms with E-state index in [0.717, 1.165) is 0 Å². The van der Waals surface area contributed by atoms with E-state index in [-0.39, 0.29) is 15.1 Å². The summed E-state index contributed by atoms with van der Waals surface area (Å²) in [5, 5.41) is 0. The molecule has 0 saturated heterocycles. The number of hydrogen-bond donors (Lipinski definition) is 0. The molecule has 0 heterocycles. The highest BCUT2D eigenvalue weighted by atomic mass is 79.9. The van der Waals surface area contributed by atoms with E-state index in [0.29, 0.717) is 12.0 Å². The van der Waals surface area contributed by atoms with E-state index in [9.17, 15) is 17.2 Å². The van der Waals surface area contributed by atoms with Crippen LogP contribution < -0.4 is 0 Å².